The summed E-state index contributed by atoms with van der Waals surface area (Å²) in [4.78, 5) is 0. The average molecular weight is 712 g/mol. The van der Waals surface area contributed by atoms with Crippen LogP contribution >= 0.6 is 62.3 Å². The van der Waals surface area contributed by atoms with E-state index in [4.69, 9.17) is 52.1 Å². The van der Waals surface area contributed by atoms with Crippen molar-refractivity contribution in [3.63, 3.8) is 0 Å². The van der Waals surface area contributed by atoms with E-state index in [9.17, 15) is 0 Å². The van der Waals surface area contributed by atoms with Gasteiger partial charge >= 0.3 is 0 Å². The van der Waals surface area contributed by atoms with Crippen LogP contribution in [-0.4, -0.2) is 0 Å². The fourth-order valence-electron chi connectivity index (χ4n) is 3.93. The summed E-state index contributed by atoms with van der Waals surface area (Å²) in [5.74, 6) is 0. The SMILES string of the molecule is C.CC(C)(C)c1ccc(N)cc1.Cc1cc(Cl)c(Cl)c(Br)c1.Cc1cc(Cl)c(Cl)c(Cc2ccc(C(C)(C)C)cc2)c1. The second-order valence-corrected chi connectivity index (χ2v) is 14.7. The van der Waals surface area contributed by atoms with E-state index in [0.29, 0.717) is 20.1 Å². The van der Waals surface area contributed by atoms with Crippen LogP contribution in [0, 0.1) is 13.8 Å². The maximum atomic E-state index is 6.29. The molecule has 2 N–H and O–H groups in total. The molecule has 4 rings (SSSR count). The third-order valence-electron chi connectivity index (χ3n) is 6.37. The van der Waals surface area contributed by atoms with E-state index in [-0.39, 0.29) is 18.3 Å². The molecule has 0 saturated carbocycles. The van der Waals surface area contributed by atoms with Gasteiger partial charge in [0, 0.05) is 10.2 Å². The maximum Gasteiger partial charge on any atom is 0.0734 e. The Morgan fingerprint density at radius 3 is 1.45 bits per heavy atom. The predicted molar refractivity (Wildman–Crippen MR) is 194 cm³/mol. The molecule has 0 unspecified atom stereocenters. The van der Waals surface area contributed by atoms with Gasteiger partial charge in [0.1, 0.15) is 0 Å². The molecule has 0 heterocycles. The van der Waals surface area contributed by atoms with Gasteiger partial charge in [-0.2, -0.15) is 0 Å². The monoisotopic (exact) mass is 709 g/mol. The van der Waals surface area contributed by atoms with Crippen LogP contribution in [0.2, 0.25) is 20.1 Å². The third-order valence-corrected chi connectivity index (χ3v) is 8.86. The normalized spacial score (nSPS) is 11.0. The van der Waals surface area contributed by atoms with E-state index in [0.717, 1.165) is 33.3 Å². The van der Waals surface area contributed by atoms with Gasteiger partial charge in [-0.1, -0.05) is 138 Å². The average Bonchev–Trinajstić information content (AvgIpc) is 2.86. The van der Waals surface area contributed by atoms with Crippen molar-refractivity contribution in [2.75, 3.05) is 5.73 Å². The Bertz CT molecular complexity index is 1410. The quantitative estimate of drug-likeness (QED) is 0.163. The summed E-state index contributed by atoms with van der Waals surface area (Å²) in [5.41, 5.74) is 14.1. The van der Waals surface area contributed by atoms with Crippen LogP contribution < -0.4 is 5.73 Å². The van der Waals surface area contributed by atoms with E-state index in [1.165, 1.54) is 16.7 Å². The number of rotatable bonds is 2. The van der Waals surface area contributed by atoms with Crippen molar-refractivity contribution in [2.45, 2.75) is 80.1 Å². The summed E-state index contributed by atoms with van der Waals surface area (Å²) >= 11 is 27.2. The summed E-state index contributed by atoms with van der Waals surface area (Å²) in [7, 11) is 0. The molecule has 0 fully saturated rings. The van der Waals surface area contributed by atoms with Gasteiger partial charge in [-0.05, 0) is 111 Å². The zero-order valence-electron chi connectivity index (χ0n) is 25.1. The van der Waals surface area contributed by atoms with Gasteiger partial charge in [-0.3, -0.25) is 0 Å². The highest BCUT2D eigenvalue weighted by molar-refractivity contribution is 9.10. The number of benzene rings is 4. The minimum Gasteiger partial charge on any atom is -0.399 e. The zero-order chi connectivity index (χ0) is 31.1. The van der Waals surface area contributed by atoms with Gasteiger partial charge in [-0.25, -0.2) is 0 Å². The molecule has 0 radical (unpaired) electrons. The Morgan fingerprint density at radius 2 is 1.02 bits per heavy atom. The number of nitrogen functional groups attached to an aromatic ring is 1. The Morgan fingerprint density at radius 1 is 0.619 bits per heavy atom. The highest BCUT2D eigenvalue weighted by atomic mass is 79.9. The van der Waals surface area contributed by atoms with Crippen LogP contribution in [0.1, 0.15) is 82.3 Å². The molecule has 4 aromatic carbocycles. The predicted octanol–water partition coefficient (Wildman–Crippen LogP) is 13.5. The number of hydrogen-bond donors (Lipinski definition) is 1. The summed E-state index contributed by atoms with van der Waals surface area (Å²) in [6, 6.07) is 24.5. The highest BCUT2D eigenvalue weighted by Crippen LogP contribution is 2.31. The molecule has 6 heteroatoms. The van der Waals surface area contributed by atoms with Crippen molar-refractivity contribution in [3.8, 4) is 0 Å². The topological polar surface area (TPSA) is 26.0 Å². The Hall–Kier alpha value is -1.68. The molecule has 0 spiro atoms. The van der Waals surface area contributed by atoms with Gasteiger partial charge < -0.3 is 5.73 Å². The standard InChI is InChI=1S/C18H20Cl2.C10H15N.C7H5BrCl2.CH4/c1-12-9-14(17(20)16(19)10-12)11-13-5-7-15(8-6-13)18(2,3)4;1-10(2,3)8-4-6-9(11)7-5-8;1-4-2-5(8)7(10)6(9)3-4;/h5-10H,11H2,1-4H3;4-7H,11H2,1-3H3;2-3H,1H3;1H4. The molecule has 0 amide bonds. The smallest absolute Gasteiger partial charge is 0.0734 e. The van der Waals surface area contributed by atoms with Crippen LogP contribution in [-0.2, 0) is 17.3 Å². The number of halogens is 5. The minimum atomic E-state index is 0. The first-order valence-corrected chi connectivity index (χ1v) is 15.7. The molecule has 1 nitrogen and oxygen atoms in total. The molecule has 0 aliphatic rings. The Labute approximate surface area is 282 Å². The lowest BCUT2D eigenvalue weighted by atomic mass is 9.86. The lowest BCUT2D eigenvalue weighted by molar-refractivity contribution is 0.590. The second kappa shape index (κ2) is 16.4. The fourth-order valence-corrected chi connectivity index (χ4v) is 5.47. The maximum absolute atomic E-state index is 6.29. The van der Waals surface area contributed by atoms with E-state index >= 15 is 0 Å². The highest BCUT2D eigenvalue weighted by Gasteiger charge is 2.14. The number of anilines is 1. The van der Waals surface area contributed by atoms with Crippen molar-refractivity contribution in [1.82, 2.24) is 0 Å². The van der Waals surface area contributed by atoms with Crippen LogP contribution in [0.3, 0.4) is 0 Å². The molecule has 0 aliphatic heterocycles. The molecule has 0 aliphatic carbocycles. The molecule has 4 aromatic rings. The largest absolute Gasteiger partial charge is 0.399 e. The molecule has 228 valence electrons. The lowest BCUT2D eigenvalue weighted by Crippen LogP contribution is -2.10. The summed E-state index contributed by atoms with van der Waals surface area (Å²) in [6.45, 7) is 17.2. The summed E-state index contributed by atoms with van der Waals surface area (Å²) < 4.78 is 0.846. The van der Waals surface area contributed by atoms with Crippen molar-refractivity contribution in [1.29, 1.82) is 0 Å². The molecular weight excluding hydrogens is 668 g/mol. The summed E-state index contributed by atoms with van der Waals surface area (Å²) in [6.07, 6.45) is 0.810. The molecule has 0 bridgehead atoms. The van der Waals surface area contributed by atoms with Gasteiger partial charge in [0.05, 0.1) is 20.1 Å². The lowest BCUT2D eigenvalue weighted by Gasteiger charge is -2.19. The van der Waals surface area contributed by atoms with E-state index < -0.39 is 0 Å². The van der Waals surface area contributed by atoms with Crippen molar-refractivity contribution in [2.24, 2.45) is 0 Å². The molecule has 0 saturated heterocycles. The Kier molecular flexibility index (Phi) is 15.0. The zero-order valence-corrected chi connectivity index (χ0v) is 29.7. The Balaban J connectivity index is 0.000000341. The number of aryl methyl sites for hydroxylation is 2. The van der Waals surface area contributed by atoms with Gasteiger partial charge in [-0.15, -0.1) is 0 Å². The van der Waals surface area contributed by atoms with Crippen molar-refractivity contribution < 1.29 is 0 Å². The van der Waals surface area contributed by atoms with E-state index in [1.54, 1.807) is 0 Å². The first-order chi connectivity index (χ1) is 18.9. The number of nitrogens with two attached hydrogens (primary N) is 1. The van der Waals surface area contributed by atoms with Crippen LogP contribution in [0.4, 0.5) is 5.69 Å². The van der Waals surface area contributed by atoms with E-state index in [1.807, 2.05) is 44.2 Å². The van der Waals surface area contributed by atoms with Crippen LogP contribution in [0.25, 0.3) is 0 Å². The van der Waals surface area contributed by atoms with Crippen molar-refractivity contribution >= 4 is 68.0 Å². The number of hydrogen-bond acceptors (Lipinski definition) is 1. The first kappa shape index (κ1) is 38.3. The third kappa shape index (κ3) is 12.1. The molecule has 0 aromatic heterocycles. The van der Waals surface area contributed by atoms with Gasteiger partial charge in [0.2, 0.25) is 0 Å². The van der Waals surface area contributed by atoms with Crippen LogP contribution in [0.5, 0.6) is 0 Å². The van der Waals surface area contributed by atoms with Gasteiger partial charge in [0.15, 0.2) is 0 Å². The fraction of sp³-hybridized carbons (Fsp3) is 0.333. The molecule has 42 heavy (non-hydrogen) atoms. The summed E-state index contributed by atoms with van der Waals surface area (Å²) in [5, 5.41) is 2.46. The van der Waals surface area contributed by atoms with Crippen LogP contribution in [0.15, 0.2) is 77.3 Å². The second-order valence-electron chi connectivity index (χ2n) is 12.3. The van der Waals surface area contributed by atoms with Gasteiger partial charge in [0.25, 0.3) is 0 Å². The molecular formula is C36H44BrCl4N. The minimum absolute atomic E-state index is 0. The first-order valence-electron chi connectivity index (χ1n) is 13.4. The molecule has 0 atom stereocenters. The van der Waals surface area contributed by atoms with Crippen molar-refractivity contribution in [3.05, 3.63) is 131 Å². The van der Waals surface area contributed by atoms with E-state index in [2.05, 4.69) is 99.9 Å².